The maximum atomic E-state index is 3.43. The van der Waals surface area contributed by atoms with Crippen LogP contribution in [0.2, 0.25) is 5.82 Å². The van der Waals surface area contributed by atoms with Gasteiger partial charge in [-0.25, -0.2) is 0 Å². The smallest absolute Gasteiger partial charge is 0.107 e. The van der Waals surface area contributed by atoms with E-state index in [1.54, 1.807) is 0 Å². The van der Waals surface area contributed by atoms with Gasteiger partial charge in [0, 0.05) is 6.04 Å². The van der Waals surface area contributed by atoms with Crippen molar-refractivity contribution in [2.75, 3.05) is 6.54 Å². The van der Waals surface area contributed by atoms with Crippen LogP contribution in [0.1, 0.15) is 19.8 Å². The minimum atomic E-state index is 0.770. The van der Waals surface area contributed by atoms with E-state index in [1.165, 1.54) is 19.4 Å². The SMILES string of the molecule is BC1CCC(C)NC1. The van der Waals surface area contributed by atoms with Crippen LogP contribution in [0.25, 0.3) is 0 Å². The molecular formula is C6H14BN. The molecule has 2 atom stereocenters. The van der Waals surface area contributed by atoms with E-state index >= 15 is 0 Å². The molecule has 0 spiro atoms. The molecule has 1 fully saturated rings. The second-order valence-electron chi connectivity index (χ2n) is 2.99. The van der Waals surface area contributed by atoms with Crippen molar-refractivity contribution in [3.63, 3.8) is 0 Å². The van der Waals surface area contributed by atoms with Crippen molar-refractivity contribution in [1.29, 1.82) is 0 Å². The first-order valence-corrected chi connectivity index (χ1v) is 3.52. The Labute approximate surface area is 52.3 Å². The maximum absolute atomic E-state index is 3.43. The van der Waals surface area contributed by atoms with Gasteiger partial charge in [0.25, 0.3) is 0 Å². The Morgan fingerprint density at radius 1 is 1.50 bits per heavy atom. The van der Waals surface area contributed by atoms with Crippen molar-refractivity contribution in [3.05, 3.63) is 0 Å². The van der Waals surface area contributed by atoms with Gasteiger partial charge in [-0.15, -0.1) is 0 Å². The van der Waals surface area contributed by atoms with Gasteiger partial charge in [0.1, 0.15) is 7.85 Å². The van der Waals surface area contributed by atoms with Crippen LogP contribution in [0.15, 0.2) is 0 Å². The summed E-state index contributed by atoms with van der Waals surface area (Å²) in [5, 5.41) is 3.43. The monoisotopic (exact) mass is 111 g/mol. The van der Waals surface area contributed by atoms with E-state index in [4.69, 9.17) is 0 Å². The van der Waals surface area contributed by atoms with E-state index in [0.717, 1.165) is 11.9 Å². The van der Waals surface area contributed by atoms with Gasteiger partial charge in [0.15, 0.2) is 0 Å². The first-order chi connectivity index (χ1) is 3.79. The Balaban J connectivity index is 2.19. The lowest BCUT2D eigenvalue weighted by Crippen LogP contribution is -2.34. The minimum absolute atomic E-state index is 0.770. The molecule has 8 heavy (non-hydrogen) atoms. The van der Waals surface area contributed by atoms with Crippen LogP contribution in [0.4, 0.5) is 0 Å². The summed E-state index contributed by atoms with van der Waals surface area (Å²) in [5.41, 5.74) is 0. The van der Waals surface area contributed by atoms with E-state index in [1.807, 2.05) is 0 Å². The molecule has 2 heteroatoms. The summed E-state index contributed by atoms with van der Waals surface area (Å²) in [6, 6.07) is 0.770. The van der Waals surface area contributed by atoms with E-state index in [0.29, 0.717) is 0 Å². The second kappa shape index (κ2) is 2.54. The van der Waals surface area contributed by atoms with Gasteiger partial charge in [-0.05, 0) is 19.9 Å². The first kappa shape index (κ1) is 6.15. The molecule has 1 aliphatic rings. The normalized spacial score (nSPS) is 39.6. The van der Waals surface area contributed by atoms with Crippen LogP contribution in [0.3, 0.4) is 0 Å². The van der Waals surface area contributed by atoms with Crippen molar-refractivity contribution in [2.24, 2.45) is 0 Å². The van der Waals surface area contributed by atoms with E-state index < -0.39 is 0 Å². The Morgan fingerprint density at radius 2 is 2.25 bits per heavy atom. The number of hydrogen-bond donors (Lipinski definition) is 1. The lowest BCUT2D eigenvalue weighted by atomic mass is 9.80. The molecule has 1 aliphatic heterocycles. The van der Waals surface area contributed by atoms with Crippen LogP contribution in [0.5, 0.6) is 0 Å². The molecule has 0 aromatic heterocycles. The first-order valence-electron chi connectivity index (χ1n) is 3.52. The molecule has 0 bridgehead atoms. The summed E-state index contributed by atoms with van der Waals surface area (Å²) in [4.78, 5) is 0. The number of nitrogens with one attached hydrogen (secondary N) is 1. The van der Waals surface area contributed by atoms with Crippen LogP contribution in [-0.4, -0.2) is 20.4 Å². The zero-order chi connectivity index (χ0) is 5.98. The summed E-state index contributed by atoms with van der Waals surface area (Å²) in [5.74, 6) is 0.909. The molecule has 1 rings (SSSR count). The molecule has 0 radical (unpaired) electrons. The number of piperidine rings is 1. The highest BCUT2D eigenvalue weighted by atomic mass is 14.9. The standard InChI is InChI=1S/C6H14BN/c1-5-2-3-6(7)4-8-5/h5-6,8H,2-4,7H2,1H3. The van der Waals surface area contributed by atoms with Gasteiger partial charge in [-0.2, -0.15) is 0 Å². The van der Waals surface area contributed by atoms with Gasteiger partial charge < -0.3 is 5.32 Å². The fourth-order valence-electron chi connectivity index (χ4n) is 1.14. The second-order valence-corrected chi connectivity index (χ2v) is 2.99. The predicted molar refractivity (Wildman–Crippen MR) is 39.0 cm³/mol. The van der Waals surface area contributed by atoms with Gasteiger partial charge in [0.05, 0.1) is 0 Å². The summed E-state index contributed by atoms with van der Waals surface area (Å²) in [6.45, 7) is 3.48. The van der Waals surface area contributed by atoms with Crippen LogP contribution >= 0.6 is 0 Å². The number of hydrogen-bond acceptors (Lipinski definition) is 1. The quantitative estimate of drug-likeness (QED) is 0.439. The van der Waals surface area contributed by atoms with Gasteiger partial charge in [-0.3, -0.25) is 0 Å². The third-order valence-electron chi connectivity index (χ3n) is 1.91. The predicted octanol–water partition coefficient (Wildman–Crippen LogP) is 0.180. The molecule has 0 aromatic carbocycles. The van der Waals surface area contributed by atoms with Gasteiger partial charge >= 0.3 is 0 Å². The molecule has 0 amide bonds. The van der Waals surface area contributed by atoms with E-state index in [9.17, 15) is 0 Å². The topological polar surface area (TPSA) is 12.0 Å². The third kappa shape index (κ3) is 1.51. The molecule has 1 heterocycles. The molecule has 2 unspecified atom stereocenters. The number of rotatable bonds is 0. The largest absolute Gasteiger partial charge is 0.315 e. The van der Waals surface area contributed by atoms with Crippen LogP contribution in [0, 0.1) is 0 Å². The fourth-order valence-corrected chi connectivity index (χ4v) is 1.14. The highest BCUT2D eigenvalue weighted by Gasteiger charge is 2.11. The Morgan fingerprint density at radius 3 is 2.62 bits per heavy atom. The Bertz CT molecular complexity index is 56.9. The van der Waals surface area contributed by atoms with Crippen molar-refractivity contribution >= 4 is 7.85 Å². The summed E-state index contributed by atoms with van der Waals surface area (Å²) >= 11 is 0. The Hall–Kier alpha value is 0.0249. The molecule has 0 aromatic rings. The van der Waals surface area contributed by atoms with E-state index in [2.05, 4.69) is 20.1 Å². The maximum Gasteiger partial charge on any atom is 0.107 e. The minimum Gasteiger partial charge on any atom is -0.315 e. The molecule has 1 nitrogen and oxygen atoms in total. The molecule has 1 saturated heterocycles. The lowest BCUT2D eigenvalue weighted by Gasteiger charge is -2.24. The van der Waals surface area contributed by atoms with Crippen molar-refractivity contribution < 1.29 is 0 Å². The summed E-state index contributed by atoms with van der Waals surface area (Å²) in [7, 11) is 2.30. The van der Waals surface area contributed by atoms with Crippen LogP contribution < -0.4 is 5.32 Å². The van der Waals surface area contributed by atoms with Crippen molar-refractivity contribution in [3.8, 4) is 0 Å². The molecule has 0 aliphatic carbocycles. The van der Waals surface area contributed by atoms with Crippen molar-refractivity contribution in [2.45, 2.75) is 31.6 Å². The Kier molecular flexibility index (Phi) is 1.95. The molecule has 0 saturated carbocycles. The lowest BCUT2D eigenvalue weighted by molar-refractivity contribution is 0.425. The third-order valence-corrected chi connectivity index (χ3v) is 1.91. The highest BCUT2D eigenvalue weighted by Crippen LogP contribution is 2.14. The zero-order valence-electron chi connectivity index (χ0n) is 5.78. The average molecular weight is 111 g/mol. The van der Waals surface area contributed by atoms with Crippen LogP contribution in [-0.2, 0) is 0 Å². The fraction of sp³-hybridized carbons (Fsp3) is 1.00. The van der Waals surface area contributed by atoms with Gasteiger partial charge in [0.2, 0.25) is 0 Å². The van der Waals surface area contributed by atoms with Crippen molar-refractivity contribution in [1.82, 2.24) is 5.32 Å². The molecular weight excluding hydrogens is 96.9 g/mol. The van der Waals surface area contributed by atoms with E-state index in [-0.39, 0.29) is 0 Å². The average Bonchev–Trinajstić information content (AvgIpc) is 1.77. The molecule has 1 N–H and O–H groups in total. The van der Waals surface area contributed by atoms with Gasteiger partial charge in [-0.1, -0.05) is 12.2 Å². The molecule has 46 valence electrons. The highest BCUT2D eigenvalue weighted by molar-refractivity contribution is 6.11. The summed E-state index contributed by atoms with van der Waals surface area (Å²) in [6.07, 6.45) is 2.77. The zero-order valence-corrected chi connectivity index (χ0v) is 5.78. The summed E-state index contributed by atoms with van der Waals surface area (Å²) < 4.78 is 0.